The van der Waals surface area contributed by atoms with Gasteiger partial charge in [-0.2, -0.15) is 13.2 Å². The van der Waals surface area contributed by atoms with Crippen LogP contribution in [0.4, 0.5) is 24.5 Å². The number of alkyl halides is 3. The van der Waals surface area contributed by atoms with Crippen molar-refractivity contribution >= 4 is 17.1 Å². The number of nitro benzene ring substituents is 1. The maximum atomic E-state index is 14.3. The maximum absolute atomic E-state index is 14.3. The van der Waals surface area contributed by atoms with Gasteiger partial charge in [-0.1, -0.05) is 78.9 Å². The van der Waals surface area contributed by atoms with Crippen molar-refractivity contribution in [3.8, 4) is 33.4 Å². The fourth-order valence-corrected chi connectivity index (χ4v) is 5.29. The van der Waals surface area contributed by atoms with Gasteiger partial charge in [0.2, 0.25) is 0 Å². The third-order valence-corrected chi connectivity index (χ3v) is 7.01. The lowest BCUT2D eigenvalue weighted by Gasteiger charge is -2.15. The lowest BCUT2D eigenvalue weighted by atomic mass is 9.95. The van der Waals surface area contributed by atoms with E-state index in [4.69, 9.17) is 4.99 Å². The van der Waals surface area contributed by atoms with Gasteiger partial charge in [-0.3, -0.25) is 10.1 Å². The Labute approximate surface area is 228 Å². The quantitative estimate of drug-likeness (QED) is 0.167. The van der Waals surface area contributed by atoms with Crippen molar-refractivity contribution in [2.24, 2.45) is 4.99 Å². The molecule has 0 aliphatic heterocycles. The summed E-state index contributed by atoms with van der Waals surface area (Å²) in [6, 6.07) is 31.7. The van der Waals surface area contributed by atoms with Crippen molar-refractivity contribution in [3.05, 3.63) is 142 Å². The highest BCUT2D eigenvalue weighted by Gasteiger charge is 2.40. The summed E-state index contributed by atoms with van der Waals surface area (Å²) in [7, 11) is 0. The number of non-ortho nitro benzene ring substituents is 1. The molecule has 0 saturated heterocycles. The summed E-state index contributed by atoms with van der Waals surface area (Å²) in [6.07, 6.45) is -4.62. The largest absolute Gasteiger partial charge is 0.417 e. The van der Waals surface area contributed by atoms with Gasteiger partial charge in [0, 0.05) is 39.9 Å². The zero-order valence-corrected chi connectivity index (χ0v) is 21.2. The number of aliphatic imine (C=N–C) groups is 1. The smallest absolute Gasteiger partial charge is 0.258 e. The Hall–Kier alpha value is -5.04. The van der Waals surface area contributed by atoms with Crippen LogP contribution >= 0.6 is 0 Å². The molecule has 0 fully saturated rings. The van der Waals surface area contributed by atoms with Gasteiger partial charge in [0.15, 0.2) is 0 Å². The SMILES string of the molecule is Cc1cc2c(c(C(F)(F)F)c1)-c1ccc([N+](=O)[O-])cc1C2=Nc1c(-c2ccccc2)cccc1-c1ccccc1. The molecular formula is C33H21F3N2O2. The predicted molar refractivity (Wildman–Crippen MR) is 151 cm³/mol. The van der Waals surface area contributed by atoms with E-state index >= 15 is 0 Å². The van der Waals surface area contributed by atoms with E-state index in [0.717, 1.165) is 28.3 Å². The van der Waals surface area contributed by atoms with E-state index in [1.807, 2.05) is 78.9 Å². The molecule has 1 aliphatic rings. The third kappa shape index (κ3) is 4.35. The summed E-state index contributed by atoms with van der Waals surface area (Å²) in [4.78, 5) is 16.2. The van der Waals surface area contributed by atoms with Gasteiger partial charge in [0.05, 0.1) is 21.9 Å². The summed E-state index contributed by atoms with van der Waals surface area (Å²) in [6.45, 7) is 1.60. The van der Waals surface area contributed by atoms with E-state index in [-0.39, 0.29) is 22.5 Å². The first-order valence-corrected chi connectivity index (χ1v) is 12.6. The Morgan fingerprint density at radius 3 is 1.82 bits per heavy atom. The monoisotopic (exact) mass is 534 g/mol. The molecule has 40 heavy (non-hydrogen) atoms. The summed E-state index contributed by atoms with van der Waals surface area (Å²) in [5.74, 6) is 0. The van der Waals surface area contributed by atoms with Crippen molar-refractivity contribution in [2.45, 2.75) is 13.1 Å². The average Bonchev–Trinajstić information content (AvgIpc) is 3.25. The van der Waals surface area contributed by atoms with Gasteiger partial charge in [-0.25, -0.2) is 4.99 Å². The molecule has 0 atom stereocenters. The number of hydrogen-bond acceptors (Lipinski definition) is 3. The molecule has 1 aliphatic carbocycles. The van der Waals surface area contributed by atoms with Crippen molar-refractivity contribution < 1.29 is 18.1 Å². The second-order valence-electron chi connectivity index (χ2n) is 9.61. The van der Waals surface area contributed by atoms with Crippen LogP contribution in [0, 0.1) is 17.0 Å². The lowest BCUT2D eigenvalue weighted by molar-refractivity contribution is -0.384. The first-order chi connectivity index (χ1) is 19.2. The highest BCUT2D eigenvalue weighted by molar-refractivity contribution is 6.26. The number of nitro groups is 1. The normalized spacial score (nSPS) is 13.2. The molecule has 0 bridgehead atoms. The predicted octanol–water partition coefficient (Wildman–Crippen LogP) is 9.41. The number of nitrogens with zero attached hydrogens (tertiary/aromatic N) is 2. The minimum absolute atomic E-state index is 0.0137. The molecule has 7 heteroatoms. The minimum atomic E-state index is -4.62. The second-order valence-corrected chi connectivity index (χ2v) is 9.61. The molecule has 5 aromatic carbocycles. The van der Waals surface area contributed by atoms with Crippen LogP contribution in [0.2, 0.25) is 0 Å². The van der Waals surface area contributed by atoms with E-state index in [9.17, 15) is 23.3 Å². The van der Waals surface area contributed by atoms with E-state index in [1.165, 1.54) is 18.2 Å². The Morgan fingerprint density at radius 1 is 0.675 bits per heavy atom. The molecule has 0 amide bonds. The Kier molecular flexibility index (Phi) is 6.07. The second kappa shape index (κ2) is 9.61. The molecule has 196 valence electrons. The van der Waals surface area contributed by atoms with Gasteiger partial charge >= 0.3 is 6.18 Å². The van der Waals surface area contributed by atoms with Gasteiger partial charge in [0.25, 0.3) is 5.69 Å². The molecule has 0 aromatic heterocycles. The Morgan fingerprint density at radius 2 is 1.27 bits per heavy atom. The van der Waals surface area contributed by atoms with E-state index in [2.05, 4.69) is 0 Å². The van der Waals surface area contributed by atoms with Crippen molar-refractivity contribution in [1.82, 2.24) is 0 Å². The first kappa shape index (κ1) is 25.2. The van der Waals surface area contributed by atoms with E-state index in [0.29, 0.717) is 22.4 Å². The van der Waals surface area contributed by atoms with Crippen molar-refractivity contribution in [2.75, 3.05) is 0 Å². The summed E-state index contributed by atoms with van der Waals surface area (Å²) in [5, 5.41) is 11.7. The standard InChI is InChI=1S/C33H21F3N2O2/c1-20-17-28-30(29(18-20)33(34,35)36)26-16-15-23(38(39)40)19-27(26)32(28)37-31-24(21-9-4-2-5-10-21)13-8-14-25(31)22-11-6-3-7-12-22/h2-19H,1H3. The Balaban J connectivity index is 1.72. The molecule has 6 rings (SSSR count). The molecule has 5 aromatic rings. The van der Waals surface area contributed by atoms with Gasteiger partial charge in [-0.15, -0.1) is 0 Å². The number of rotatable bonds is 4. The lowest BCUT2D eigenvalue weighted by Crippen LogP contribution is -2.09. The molecular weight excluding hydrogens is 513 g/mol. The first-order valence-electron chi connectivity index (χ1n) is 12.6. The van der Waals surface area contributed by atoms with Crippen LogP contribution in [0.1, 0.15) is 22.3 Å². The maximum Gasteiger partial charge on any atom is 0.417 e. The highest BCUT2D eigenvalue weighted by atomic mass is 19.4. The van der Waals surface area contributed by atoms with Crippen LogP contribution in [-0.2, 0) is 6.18 Å². The fraction of sp³-hybridized carbons (Fsp3) is 0.0606. The van der Waals surface area contributed by atoms with Crippen LogP contribution in [0.15, 0.2) is 114 Å². The molecule has 0 saturated carbocycles. The zero-order valence-electron chi connectivity index (χ0n) is 21.2. The van der Waals surface area contributed by atoms with Gasteiger partial charge < -0.3 is 0 Å². The molecule has 0 radical (unpaired) electrons. The zero-order chi connectivity index (χ0) is 28.0. The fourth-order valence-electron chi connectivity index (χ4n) is 5.29. The third-order valence-electron chi connectivity index (χ3n) is 7.01. The highest BCUT2D eigenvalue weighted by Crippen LogP contribution is 2.48. The molecule has 0 unspecified atom stereocenters. The average molecular weight is 535 g/mol. The summed E-state index contributed by atoms with van der Waals surface area (Å²) < 4.78 is 42.9. The van der Waals surface area contributed by atoms with Crippen molar-refractivity contribution in [3.63, 3.8) is 0 Å². The van der Waals surface area contributed by atoms with Crippen LogP contribution in [0.25, 0.3) is 33.4 Å². The number of aryl methyl sites for hydroxylation is 1. The van der Waals surface area contributed by atoms with E-state index in [1.54, 1.807) is 13.0 Å². The number of para-hydroxylation sites is 1. The Bertz CT molecular complexity index is 1750. The van der Waals surface area contributed by atoms with Crippen LogP contribution < -0.4 is 0 Å². The number of benzene rings is 5. The minimum Gasteiger partial charge on any atom is -0.258 e. The summed E-state index contributed by atoms with van der Waals surface area (Å²) in [5.41, 5.74) is 4.44. The molecule has 0 spiro atoms. The number of hydrogen-bond donors (Lipinski definition) is 0. The van der Waals surface area contributed by atoms with Crippen molar-refractivity contribution in [1.29, 1.82) is 0 Å². The van der Waals surface area contributed by atoms with Crippen LogP contribution in [-0.4, -0.2) is 10.6 Å². The van der Waals surface area contributed by atoms with Gasteiger partial charge in [-0.05, 0) is 47.4 Å². The number of halogens is 3. The molecule has 0 heterocycles. The summed E-state index contributed by atoms with van der Waals surface area (Å²) >= 11 is 0. The number of fused-ring (bicyclic) bond motifs is 3. The van der Waals surface area contributed by atoms with Gasteiger partial charge in [0.1, 0.15) is 0 Å². The van der Waals surface area contributed by atoms with Crippen LogP contribution in [0.5, 0.6) is 0 Å². The topological polar surface area (TPSA) is 55.5 Å². The molecule has 4 nitrogen and oxygen atoms in total. The molecule has 0 N–H and O–H groups in total. The van der Waals surface area contributed by atoms with E-state index < -0.39 is 16.7 Å². The van der Waals surface area contributed by atoms with Crippen LogP contribution in [0.3, 0.4) is 0 Å².